The van der Waals surface area contributed by atoms with E-state index in [4.69, 9.17) is 0 Å². The molecule has 1 N–H and O–H groups in total. The van der Waals surface area contributed by atoms with E-state index in [0.29, 0.717) is 11.5 Å². The summed E-state index contributed by atoms with van der Waals surface area (Å²) in [4.78, 5) is 4.22. The predicted octanol–water partition coefficient (Wildman–Crippen LogP) is 3.80. The van der Waals surface area contributed by atoms with Crippen LogP contribution in [-0.4, -0.2) is 17.6 Å². The van der Waals surface area contributed by atoms with Gasteiger partial charge >= 0.3 is 0 Å². The zero-order valence-corrected chi connectivity index (χ0v) is 12.8. The molecule has 1 rings (SSSR count). The first kappa shape index (κ1) is 14.7. The third kappa shape index (κ3) is 5.64. The van der Waals surface area contributed by atoms with E-state index in [9.17, 15) is 0 Å². The molecule has 0 spiro atoms. The van der Waals surface area contributed by atoms with Gasteiger partial charge in [0.1, 0.15) is 0 Å². The normalized spacial score (nSPS) is 13.7. The van der Waals surface area contributed by atoms with Gasteiger partial charge in [-0.1, -0.05) is 20.8 Å². The summed E-state index contributed by atoms with van der Waals surface area (Å²) in [5.41, 5.74) is 1.59. The summed E-state index contributed by atoms with van der Waals surface area (Å²) in [6.45, 7) is 10.1. The van der Waals surface area contributed by atoms with E-state index in [1.807, 2.05) is 12.4 Å². The molecule has 0 aliphatic rings. The molecule has 0 aliphatic heterocycles. The highest BCUT2D eigenvalue weighted by molar-refractivity contribution is 9.10. The lowest BCUT2D eigenvalue weighted by atomic mass is 9.81. The number of nitrogens with one attached hydrogen (secondary N) is 1. The Morgan fingerprint density at radius 1 is 1.41 bits per heavy atom. The van der Waals surface area contributed by atoms with E-state index < -0.39 is 0 Å². The van der Waals surface area contributed by atoms with Gasteiger partial charge in [-0.25, -0.2) is 0 Å². The van der Waals surface area contributed by atoms with E-state index in [-0.39, 0.29) is 0 Å². The monoisotopic (exact) mass is 298 g/mol. The van der Waals surface area contributed by atoms with Crippen LogP contribution < -0.4 is 5.32 Å². The lowest BCUT2D eigenvalue weighted by Crippen LogP contribution is -2.32. The first-order valence-corrected chi connectivity index (χ1v) is 7.05. The van der Waals surface area contributed by atoms with Crippen LogP contribution >= 0.6 is 15.9 Å². The Morgan fingerprint density at radius 3 is 2.71 bits per heavy atom. The van der Waals surface area contributed by atoms with Crippen LogP contribution in [0.15, 0.2) is 22.9 Å². The first-order chi connectivity index (χ1) is 7.93. The molecule has 1 heterocycles. The molecule has 96 valence electrons. The number of aromatic nitrogens is 1. The van der Waals surface area contributed by atoms with Crippen LogP contribution in [-0.2, 0) is 6.42 Å². The largest absolute Gasteiger partial charge is 0.315 e. The molecule has 1 unspecified atom stereocenters. The summed E-state index contributed by atoms with van der Waals surface area (Å²) in [5.74, 6) is 0. The van der Waals surface area contributed by atoms with Crippen molar-refractivity contribution < 1.29 is 0 Å². The highest BCUT2D eigenvalue weighted by atomic mass is 79.9. The van der Waals surface area contributed by atoms with Crippen molar-refractivity contribution in [2.24, 2.45) is 5.41 Å². The van der Waals surface area contributed by atoms with E-state index >= 15 is 0 Å². The maximum absolute atomic E-state index is 4.22. The van der Waals surface area contributed by atoms with Crippen LogP contribution in [0.5, 0.6) is 0 Å². The van der Waals surface area contributed by atoms with Crippen molar-refractivity contribution >= 4 is 15.9 Å². The molecule has 3 heteroatoms. The Labute approximate surface area is 113 Å². The SMILES string of the molecule is CCNC(C)CC(C)(C)Cc1cncc(Br)c1. The summed E-state index contributed by atoms with van der Waals surface area (Å²) >= 11 is 3.47. The Balaban J connectivity index is 2.59. The van der Waals surface area contributed by atoms with Gasteiger partial charge in [-0.3, -0.25) is 4.98 Å². The van der Waals surface area contributed by atoms with Crippen molar-refractivity contribution in [3.05, 3.63) is 28.5 Å². The van der Waals surface area contributed by atoms with E-state index in [0.717, 1.165) is 17.4 Å². The Bertz CT molecular complexity index is 350. The van der Waals surface area contributed by atoms with Crippen LogP contribution in [0, 0.1) is 5.41 Å². The van der Waals surface area contributed by atoms with E-state index in [1.54, 1.807) is 0 Å². The summed E-state index contributed by atoms with van der Waals surface area (Å²) in [7, 11) is 0. The molecule has 1 aromatic rings. The van der Waals surface area contributed by atoms with Gasteiger partial charge in [0.15, 0.2) is 0 Å². The number of halogens is 1. The molecule has 0 aliphatic carbocycles. The molecule has 17 heavy (non-hydrogen) atoms. The predicted molar refractivity (Wildman–Crippen MR) is 77.2 cm³/mol. The van der Waals surface area contributed by atoms with Crippen LogP contribution in [0.2, 0.25) is 0 Å². The minimum atomic E-state index is 0.296. The first-order valence-electron chi connectivity index (χ1n) is 6.26. The minimum Gasteiger partial charge on any atom is -0.315 e. The fourth-order valence-electron chi connectivity index (χ4n) is 2.43. The molecule has 0 aromatic carbocycles. The Hall–Kier alpha value is -0.410. The standard InChI is InChI=1S/C14H23BrN2/c1-5-17-11(2)7-14(3,4)8-12-6-13(15)10-16-9-12/h6,9-11,17H,5,7-8H2,1-4H3. The fraction of sp³-hybridized carbons (Fsp3) is 0.643. The summed E-state index contributed by atoms with van der Waals surface area (Å²) in [6.07, 6.45) is 6.03. The number of hydrogen-bond acceptors (Lipinski definition) is 2. The fourth-order valence-corrected chi connectivity index (χ4v) is 2.84. The van der Waals surface area contributed by atoms with Crippen molar-refractivity contribution in [3.63, 3.8) is 0 Å². The molecule has 2 nitrogen and oxygen atoms in total. The molecule has 0 radical (unpaired) electrons. The Kier molecular flexibility index (Phi) is 5.60. The highest BCUT2D eigenvalue weighted by Gasteiger charge is 2.21. The average molecular weight is 299 g/mol. The maximum atomic E-state index is 4.22. The molecular weight excluding hydrogens is 276 g/mol. The minimum absolute atomic E-state index is 0.296. The van der Waals surface area contributed by atoms with Crippen LogP contribution in [0.3, 0.4) is 0 Å². The van der Waals surface area contributed by atoms with Gasteiger partial charge in [-0.05, 0) is 59.3 Å². The van der Waals surface area contributed by atoms with Gasteiger partial charge in [0.25, 0.3) is 0 Å². The molecule has 0 saturated heterocycles. The molecule has 0 amide bonds. The zero-order valence-electron chi connectivity index (χ0n) is 11.3. The maximum Gasteiger partial charge on any atom is 0.0410 e. The van der Waals surface area contributed by atoms with Crippen LogP contribution in [0.1, 0.15) is 39.7 Å². The van der Waals surface area contributed by atoms with Gasteiger partial charge in [-0.15, -0.1) is 0 Å². The van der Waals surface area contributed by atoms with Crippen molar-refractivity contribution in [1.29, 1.82) is 0 Å². The van der Waals surface area contributed by atoms with Crippen molar-refractivity contribution in [3.8, 4) is 0 Å². The number of nitrogens with zero attached hydrogens (tertiary/aromatic N) is 1. The quantitative estimate of drug-likeness (QED) is 0.864. The molecule has 1 aromatic heterocycles. The van der Waals surface area contributed by atoms with Gasteiger partial charge in [-0.2, -0.15) is 0 Å². The summed E-state index contributed by atoms with van der Waals surface area (Å²) in [6, 6.07) is 2.72. The van der Waals surface area contributed by atoms with E-state index in [2.05, 4.69) is 60.0 Å². The summed E-state index contributed by atoms with van der Waals surface area (Å²) < 4.78 is 1.06. The molecule has 0 saturated carbocycles. The van der Waals surface area contributed by atoms with Gasteiger partial charge in [0, 0.05) is 22.9 Å². The molecule has 1 atom stereocenters. The van der Waals surface area contributed by atoms with Gasteiger partial charge < -0.3 is 5.32 Å². The van der Waals surface area contributed by atoms with Crippen molar-refractivity contribution in [2.45, 2.75) is 46.6 Å². The number of pyridine rings is 1. The van der Waals surface area contributed by atoms with Gasteiger partial charge in [0.05, 0.1) is 0 Å². The van der Waals surface area contributed by atoms with Crippen LogP contribution in [0.25, 0.3) is 0 Å². The second kappa shape index (κ2) is 6.50. The second-order valence-corrected chi connectivity index (χ2v) is 6.43. The van der Waals surface area contributed by atoms with Crippen molar-refractivity contribution in [2.75, 3.05) is 6.54 Å². The third-order valence-electron chi connectivity index (χ3n) is 2.86. The van der Waals surface area contributed by atoms with Gasteiger partial charge in [0.2, 0.25) is 0 Å². The zero-order chi connectivity index (χ0) is 12.9. The number of rotatable bonds is 6. The highest BCUT2D eigenvalue weighted by Crippen LogP contribution is 2.28. The van der Waals surface area contributed by atoms with Crippen LogP contribution in [0.4, 0.5) is 0 Å². The van der Waals surface area contributed by atoms with Crippen molar-refractivity contribution in [1.82, 2.24) is 10.3 Å². The second-order valence-electron chi connectivity index (χ2n) is 5.52. The lowest BCUT2D eigenvalue weighted by Gasteiger charge is -2.28. The number of hydrogen-bond donors (Lipinski definition) is 1. The topological polar surface area (TPSA) is 24.9 Å². The lowest BCUT2D eigenvalue weighted by molar-refractivity contribution is 0.288. The summed E-state index contributed by atoms with van der Waals surface area (Å²) in [5, 5.41) is 3.47. The third-order valence-corrected chi connectivity index (χ3v) is 3.29. The smallest absolute Gasteiger partial charge is 0.0410 e. The molecular formula is C14H23BrN2. The molecule has 0 bridgehead atoms. The Morgan fingerprint density at radius 2 is 2.12 bits per heavy atom. The molecule has 0 fully saturated rings. The van der Waals surface area contributed by atoms with E-state index in [1.165, 1.54) is 12.0 Å². The average Bonchev–Trinajstić information content (AvgIpc) is 2.15.